The van der Waals surface area contributed by atoms with E-state index < -0.39 is 5.97 Å². The number of benzene rings is 1. The molecule has 23 heavy (non-hydrogen) atoms. The molecule has 0 saturated carbocycles. The van der Waals surface area contributed by atoms with E-state index in [0.717, 1.165) is 12.0 Å². The van der Waals surface area contributed by atoms with Gasteiger partial charge in [-0.15, -0.1) is 5.10 Å². The molecule has 0 aliphatic heterocycles. The smallest absolute Gasteiger partial charge is 0.358 e. The van der Waals surface area contributed by atoms with E-state index in [9.17, 15) is 9.90 Å². The third-order valence-corrected chi connectivity index (χ3v) is 3.57. The third-order valence-electron chi connectivity index (χ3n) is 3.57. The number of rotatable bonds is 8. The van der Waals surface area contributed by atoms with Gasteiger partial charge in [0, 0.05) is 6.54 Å². The van der Waals surface area contributed by atoms with Crippen LogP contribution in [0.3, 0.4) is 0 Å². The van der Waals surface area contributed by atoms with Crippen LogP contribution in [0.4, 0.5) is 0 Å². The summed E-state index contributed by atoms with van der Waals surface area (Å²) in [5, 5.41) is 17.0. The molecule has 0 amide bonds. The maximum Gasteiger partial charge on any atom is 0.358 e. The highest BCUT2D eigenvalue weighted by Gasteiger charge is 2.18. The van der Waals surface area contributed by atoms with Crippen LogP contribution in [0.1, 0.15) is 35.1 Å². The summed E-state index contributed by atoms with van der Waals surface area (Å²) in [6, 6.07) is 5.68. The topological polar surface area (TPSA) is 86.5 Å². The molecule has 1 heterocycles. The second-order valence-electron chi connectivity index (χ2n) is 5.10. The van der Waals surface area contributed by atoms with E-state index in [0.29, 0.717) is 36.6 Å². The van der Waals surface area contributed by atoms with E-state index in [-0.39, 0.29) is 5.69 Å². The normalized spacial score (nSPS) is 10.6. The molecule has 0 spiro atoms. The van der Waals surface area contributed by atoms with Gasteiger partial charge in [-0.3, -0.25) is 0 Å². The summed E-state index contributed by atoms with van der Waals surface area (Å²) in [6.07, 6.45) is 2.08. The average molecular weight is 319 g/mol. The monoisotopic (exact) mass is 319 g/mol. The minimum absolute atomic E-state index is 0.0268. The van der Waals surface area contributed by atoms with Gasteiger partial charge in [-0.05, 0) is 37.0 Å². The highest BCUT2D eigenvalue weighted by Crippen LogP contribution is 2.28. The van der Waals surface area contributed by atoms with Crippen molar-refractivity contribution in [1.29, 1.82) is 0 Å². The number of hydrogen-bond donors (Lipinski definition) is 1. The summed E-state index contributed by atoms with van der Waals surface area (Å²) in [7, 11) is 3.18. The van der Waals surface area contributed by atoms with Gasteiger partial charge in [-0.2, -0.15) is 0 Å². The number of nitrogens with zero attached hydrogens (tertiary/aromatic N) is 3. The first-order valence-electron chi connectivity index (χ1n) is 7.47. The Morgan fingerprint density at radius 1 is 1.22 bits per heavy atom. The molecule has 0 aliphatic carbocycles. The molecule has 0 saturated heterocycles. The predicted octanol–water partition coefficient (Wildman–Crippen LogP) is 2.19. The molecule has 2 aromatic rings. The van der Waals surface area contributed by atoms with Gasteiger partial charge in [0.05, 0.1) is 19.9 Å². The number of ether oxygens (including phenoxy) is 2. The lowest BCUT2D eigenvalue weighted by molar-refractivity contribution is 0.0689. The van der Waals surface area contributed by atoms with Crippen molar-refractivity contribution in [2.45, 2.75) is 32.7 Å². The maximum atomic E-state index is 11.3. The Morgan fingerprint density at radius 3 is 2.57 bits per heavy atom. The molecule has 0 unspecified atom stereocenters. The Balaban J connectivity index is 2.20. The number of hydrogen-bond acceptors (Lipinski definition) is 5. The van der Waals surface area contributed by atoms with Crippen LogP contribution in [0.15, 0.2) is 18.2 Å². The fourth-order valence-corrected chi connectivity index (χ4v) is 2.44. The molecular formula is C16H21N3O4. The molecule has 0 bridgehead atoms. The van der Waals surface area contributed by atoms with Crippen LogP contribution in [0.5, 0.6) is 11.5 Å². The average Bonchev–Trinajstić information content (AvgIpc) is 2.96. The zero-order valence-corrected chi connectivity index (χ0v) is 13.6. The van der Waals surface area contributed by atoms with Gasteiger partial charge in [0.2, 0.25) is 0 Å². The zero-order chi connectivity index (χ0) is 16.8. The van der Waals surface area contributed by atoms with Crippen molar-refractivity contribution in [2.24, 2.45) is 0 Å². The molecule has 1 N–H and O–H groups in total. The summed E-state index contributed by atoms with van der Waals surface area (Å²) in [6.45, 7) is 2.67. The van der Waals surface area contributed by atoms with Crippen LogP contribution in [-0.2, 0) is 19.4 Å². The largest absolute Gasteiger partial charge is 0.493 e. The Kier molecular flexibility index (Phi) is 5.56. The van der Waals surface area contributed by atoms with E-state index in [1.807, 2.05) is 25.1 Å². The van der Waals surface area contributed by atoms with E-state index in [1.165, 1.54) is 0 Å². The van der Waals surface area contributed by atoms with Crippen LogP contribution in [-0.4, -0.2) is 40.3 Å². The summed E-state index contributed by atoms with van der Waals surface area (Å²) in [5.74, 6) is 0.276. The summed E-state index contributed by atoms with van der Waals surface area (Å²) < 4.78 is 12.2. The van der Waals surface area contributed by atoms with Crippen molar-refractivity contribution in [2.75, 3.05) is 14.2 Å². The van der Waals surface area contributed by atoms with Crippen LogP contribution in [0.2, 0.25) is 0 Å². The van der Waals surface area contributed by atoms with E-state index >= 15 is 0 Å². The van der Waals surface area contributed by atoms with Gasteiger partial charge in [0.25, 0.3) is 0 Å². The molecule has 0 aliphatic rings. The molecule has 7 heteroatoms. The molecule has 124 valence electrons. The number of aromatic nitrogens is 3. The molecule has 1 aromatic carbocycles. The number of carbonyl (C=O) groups is 1. The van der Waals surface area contributed by atoms with Crippen LogP contribution in [0.25, 0.3) is 0 Å². The Morgan fingerprint density at radius 2 is 1.96 bits per heavy atom. The Labute approximate surface area is 134 Å². The van der Waals surface area contributed by atoms with Crippen molar-refractivity contribution < 1.29 is 19.4 Å². The lowest BCUT2D eigenvalue weighted by atomic mass is 10.1. The molecule has 1 aromatic heterocycles. The van der Waals surface area contributed by atoms with Gasteiger partial charge in [-0.1, -0.05) is 18.2 Å². The molecule has 0 atom stereocenters. The number of carboxylic acids is 1. The quantitative estimate of drug-likeness (QED) is 0.802. The van der Waals surface area contributed by atoms with Crippen LogP contribution >= 0.6 is 0 Å². The standard InChI is InChI=1S/C16H21N3O4/c1-4-9-19-12(15(16(20)21)17-18-19)7-5-11-6-8-13(22-2)14(10-11)23-3/h6,8,10H,4-5,7,9H2,1-3H3,(H,20,21). The van der Waals surface area contributed by atoms with Crippen LogP contribution in [0, 0.1) is 0 Å². The van der Waals surface area contributed by atoms with Crippen molar-refractivity contribution in [3.05, 3.63) is 35.2 Å². The fourth-order valence-electron chi connectivity index (χ4n) is 2.44. The van der Waals surface area contributed by atoms with Crippen molar-refractivity contribution in [3.63, 3.8) is 0 Å². The molecule has 0 radical (unpaired) electrons. The lowest BCUT2D eigenvalue weighted by Gasteiger charge is -2.10. The fraction of sp³-hybridized carbons (Fsp3) is 0.438. The number of methoxy groups -OCH3 is 2. The predicted molar refractivity (Wildman–Crippen MR) is 84.2 cm³/mol. The van der Waals surface area contributed by atoms with Gasteiger partial charge in [0.1, 0.15) is 0 Å². The van der Waals surface area contributed by atoms with E-state index in [1.54, 1.807) is 18.9 Å². The van der Waals surface area contributed by atoms with Gasteiger partial charge in [0.15, 0.2) is 17.2 Å². The van der Waals surface area contributed by atoms with Gasteiger partial charge in [-0.25, -0.2) is 9.48 Å². The van der Waals surface area contributed by atoms with Crippen molar-refractivity contribution >= 4 is 5.97 Å². The van der Waals surface area contributed by atoms with E-state index in [4.69, 9.17) is 9.47 Å². The van der Waals surface area contributed by atoms with Gasteiger partial charge < -0.3 is 14.6 Å². The Hall–Kier alpha value is -2.57. The first kappa shape index (κ1) is 16.8. The lowest BCUT2D eigenvalue weighted by Crippen LogP contribution is -2.09. The minimum atomic E-state index is -1.05. The van der Waals surface area contributed by atoms with Gasteiger partial charge >= 0.3 is 5.97 Å². The summed E-state index contributed by atoms with van der Waals surface area (Å²) >= 11 is 0. The van der Waals surface area contributed by atoms with Crippen molar-refractivity contribution in [3.8, 4) is 11.5 Å². The molecule has 0 fully saturated rings. The summed E-state index contributed by atoms with van der Waals surface area (Å²) in [4.78, 5) is 11.3. The molecular weight excluding hydrogens is 298 g/mol. The first-order chi connectivity index (χ1) is 11.1. The summed E-state index contributed by atoms with van der Waals surface area (Å²) in [5.41, 5.74) is 1.70. The minimum Gasteiger partial charge on any atom is -0.493 e. The SMILES string of the molecule is CCCn1nnc(C(=O)O)c1CCc1ccc(OC)c(OC)c1. The molecule has 7 nitrogen and oxygen atoms in total. The molecule has 2 rings (SSSR count). The second kappa shape index (κ2) is 7.62. The number of aryl methyl sites for hydroxylation is 2. The first-order valence-corrected chi connectivity index (χ1v) is 7.47. The van der Waals surface area contributed by atoms with Crippen molar-refractivity contribution in [1.82, 2.24) is 15.0 Å². The van der Waals surface area contributed by atoms with Crippen LogP contribution < -0.4 is 9.47 Å². The maximum absolute atomic E-state index is 11.3. The number of carboxylic acid groups (broad SMARTS) is 1. The third kappa shape index (κ3) is 3.80. The Bertz CT molecular complexity index is 682. The van der Waals surface area contributed by atoms with E-state index in [2.05, 4.69) is 10.3 Å². The highest BCUT2D eigenvalue weighted by atomic mass is 16.5. The zero-order valence-electron chi connectivity index (χ0n) is 13.6. The second-order valence-corrected chi connectivity index (χ2v) is 5.10. The number of aromatic carboxylic acids is 1. The highest BCUT2D eigenvalue weighted by molar-refractivity contribution is 5.86.